The van der Waals surface area contributed by atoms with Gasteiger partial charge in [0.05, 0.1) is 30.6 Å². The van der Waals surface area contributed by atoms with E-state index >= 15 is 0 Å². The fraction of sp³-hybridized carbons (Fsp3) is 0.609. The Labute approximate surface area is 191 Å². The molecule has 5 atom stereocenters. The molecule has 2 fully saturated rings. The summed E-state index contributed by atoms with van der Waals surface area (Å²) in [6.07, 6.45) is -4.78. The number of nitrogens with zero attached hydrogens (tertiary/aromatic N) is 1. The van der Waals surface area contributed by atoms with Gasteiger partial charge in [0.1, 0.15) is 29.6 Å². The molecule has 0 radical (unpaired) electrons. The van der Waals surface area contributed by atoms with Crippen molar-refractivity contribution in [3.63, 3.8) is 0 Å². The van der Waals surface area contributed by atoms with Crippen molar-refractivity contribution in [3.05, 3.63) is 34.2 Å². The predicted octanol–water partition coefficient (Wildman–Crippen LogP) is 0.549. The first-order valence-corrected chi connectivity index (χ1v) is 10.9. The van der Waals surface area contributed by atoms with Crippen molar-refractivity contribution in [2.24, 2.45) is 0 Å². The first-order valence-electron chi connectivity index (χ1n) is 10.9. The molecule has 0 amide bonds. The lowest BCUT2D eigenvalue weighted by Gasteiger charge is -2.46. The molecule has 4 rings (SSSR count). The Hall–Kier alpha value is -2.21. The minimum atomic E-state index is -1.35. The van der Waals surface area contributed by atoms with E-state index in [0.29, 0.717) is 47.7 Å². The second kappa shape index (κ2) is 9.21. The molecule has 0 aliphatic carbocycles. The molecule has 1 unspecified atom stereocenters. The van der Waals surface area contributed by atoms with E-state index in [9.17, 15) is 20.1 Å². The fourth-order valence-electron chi connectivity index (χ4n) is 4.59. The van der Waals surface area contributed by atoms with Crippen molar-refractivity contribution < 1.29 is 38.7 Å². The molecule has 10 nitrogen and oxygen atoms in total. The van der Waals surface area contributed by atoms with E-state index < -0.39 is 35.8 Å². The van der Waals surface area contributed by atoms with E-state index in [1.54, 1.807) is 32.9 Å². The quantitative estimate of drug-likeness (QED) is 0.538. The van der Waals surface area contributed by atoms with Gasteiger partial charge in [0, 0.05) is 37.2 Å². The normalized spacial score (nSPS) is 29.9. The van der Waals surface area contributed by atoms with Crippen LogP contribution in [-0.4, -0.2) is 85.0 Å². The van der Waals surface area contributed by atoms with Crippen molar-refractivity contribution in [3.8, 4) is 5.75 Å². The summed E-state index contributed by atoms with van der Waals surface area (Å²) in [6, 6.07) is 4.91. The van der Waals surface area contributed by atoms with Gasteiger partial charge in [-0.15, -0.1) is 0 Å². The van der Waals surface area contributed by atoms with Crippen LogP contribution >= 0.6 is 0 Å². The summed E-state index contributed by atoms with van der Waals surface area (Å²) in [4.78, 5) is 14.4. The molecular formula is C23H31NO9. The Bertz CT molecular complexity index is 1050. The van der Waals surface area contributed by atoms with Crippen LogP contribution in [0.5, 0.6) is 5.75 Å². The summed E-state index contributed by atoms with van der Waals surface area (Å²) >= 11 is 0. The van der Waals surface area contributed by atoms with Gasteiger partial charge in [-0.05, 0) is 32.9 Å². The Morgan fingerprint density at radius 1 is 1.24 bits per heavy atom. The lowest BCUT2D eigenvalue weighted by atomic mass is 9.89. The molecule has 1 aromatic carbocycles. The average molecular weight is 465 g/mol. The molecule has 2 aromatic rings. The number of morpholine rings is 1. The van der Waals surface area contributed by atoms with Crippen LogP contribution in [0, 0.1) is 6.92 Å². The summed E-state index contributed by atoms with van der Waals surface area (Å²) in [6.45, 7) is 6.58. The molecule has 0 bridgehead atoms. The Kier molecular flexibility index (Phi) is 6.68. The number of benzene rings is 1. The molecule has 182 valence electrons. The summed E-state index contributed by atoms with van der Waals surface area (Å²) < 4.78 is 28.2. The molecule has 0 saturated carbocycles. The van der Waals surface area contributed by atoms with E-state index in [4.69, 9.17) is 23.4 Å². The third-order valence-electron chi connectivity index (χ3n) is 6.31. The van der Waals surface area contributed by atoms with Gasteiger partial charge >= 0.3 is 5.63 Å². The van der Waals surface area contributed by atoms with Crippen molar-refractivity contribution >= 4 is 16.7 Å². The zero-order chi connectivity index (χ0) is 23.9. The van der Waals surface area contributed by atoms with Crippen molar-refractivity contribution in [2.75, 3.05) is 38.3 Å². The van der Waals surface area contributed by atoms with Crippen molar-refractivity contribution in [1.82, 2.24) is 0 Å². The molecule has 0 spiro atoms. The Morgan fingerprint density at radius 3 is 2.70 bits per heavy atom. The number of ether oxygens (including phenoxy) is 4. The SMILES string of the molecule is CO[C@@H]1[C@@H](O)[C@@H](O)[C@H](Oc2ccc3c(N4CCOC(CO)C4)cc(=O)oc3c2C)OC1(C)C. The number of rotatable bonds is 5. The minimum Gasteiger partial charge on any atom is -0.462 e. The van der Waals surface area contributed by atoms with E-state index in [-0.39, 0.29) is 12.7 Å². The molecule has 3 heterocycles. The number of hydrogen-bond donors (Lipinski definition) is 3. The van der Waals surface area contributed by atoms with Crippen LogP contribution in [-0.2, 0) is 14.2 Å². The second-order valence-corrected chi connectivity index (χ2v) is 8.98. The van der Waals surface area contributed by atoms with Crippen molar-refractivity contribution in [2.45, 2.75) is 57.1 Å². The molecule has 2 saturated heterocycles. The maximum absolute atomic E-state index is 12.4. The van der Waals surface area contributed by atoms with Gasteiger partial charge in [-0.3, -0.25) is 0 Å². The topological polar surface area (TPSA) is 131 Å². The van der Waals surface area contributed by atoms with Crippen LogP contribution in [0.25, 0.3) is 11.0 Å². The van der Waals surface area contributed by atoms with Gasteiger partial charge in [-0.2, -0.15) is 0 Å². The Balaban J connectivity index is 1.67. The van der Waals surface area contributed by atoms with Crippen LogP contribution in [0.3, 0.4) is 0 Å². The van der Waals surface area contributed by atoms with E-state index in [2.05, 4.69) is 0 Å². The highest BCUT2D eigenvalue weighted by Gasteiger charge is 2.50. The monoisotopic (exact) mass is 465 g/mol. The lowest BCUT2D eigenvalue weighted by Crippen LogP contribution is -2.63. The van der Waals surface area contributed by atoms with Crippen molar-refractivity contribution in [1.29, 1.82) is 0 Å². The standard InChI is InChI=1S/C23H31NO9/c1-12-16(31-22-19(28)18(27)21(29-4)23(2,3)33-22)6-5-14-15(9-17(26)32-20(12)14)24-7-8-30-13(10-24)11-25/h5-6,9,13,18-19,21-22,25,27-28H,7-8,10-11H2,1-4H3/t13?,18-,19+,21+,22+/m0/s1. The fourth-order valence-corrected chi connectivity index (χ4v) is 4.59. The highest BCUT2D eigenvalue weighted by molar-refractivity contribution is 5.93. The summed E-state index contributed by atoms with van der Waals surface area (Å²) in [5, 5.41) is 31.2. The minimum absolute atomic E-state index is 0.108. The van der Waals surface area contributed by atoms with Gasteiger partial charge < -0.3 is 43.6 Å². The molecule has 2 aliphatic heterocycles. The summed E-state index contributed by atoms with van der Waals surface area (Å²) in [7, 11) is 1.44. The zero-order valence-electron chi connectivity index (χ0n) is 19.2. The second-order valence-electron chi connectivity index (χ2n) is 8.98. The van der Waals surface area contributed by atoms with Crippen LogP contribution in [0.2, 0.25) is 0 Å². The number of anilines is 1. The van der Waals surface area contributed by atoms with Gasteiger partial charge in [0.25, 0.3) is 0 Å². The van der Waals surface area contributed by atoms with Gasteiger partial charge in [0.15, 0.2) is 0 Å². The third-order valence-corrected chi connectivity index (χ3v) is 6.31. The molecule has 1 aromatic heterocycles. The van der Waals surface area contributed by atoms with E-state index in [1.165, 1.54) is 13.2 Å². The molecular weight excluding hydrogens is 434 g/mol. The predicted molar refractivity (Wildman–Crippen MR) is 119 cm³/mol. The largest absolute Gasteiger partial charge is 0.462 e. The highest BCUT2D eigenvalue weighted by Crippen LogP contribution is 2.36. The van der Waals surface area contributed by atoms with E-state index in [1.807, 2.05) is 4.90 Å². The van der Waals surface area contributed by atoms with Crippen LogP contribution < -0.4 is 15.3 Å². The number of aliphatic hydroxyl groups is 3. The lowest BCUT2D eigenvalue weighted by molar-refractivity contribution is -0.306. The maximum Gasteiger partial charge on any atom is 0.338 e. The smallest absolute Gasteiger partial charge is 0.338 e. The summed E-state index contributed by atoms with van der Waals surface area (Å²) in [5.41, 5.74) is 0.156. The zero-order valence-corrected chi connectivity index (χ0v) is 19.2. The van der Waals surface area contributed by atoms with Crippen LogP contribution in [0.15, 0.2) is 27.4 Å². The van der Waals surface area contributed by atoms with Crippen LogP contribution in [0.1, 0.15) is 19.4 Å². The first kappa shape index (κ1) is 23.9. The average Bonchev–Trinajstić information content (AvgIpc) is 2.79. The maximum atomic E-state index is 12.4. The van der Waals surface area contributed by atoms with Gasteiger partial charge in [0.2, 0.25) is 6.29 Å². The van der Waals surface area contributed by atoms with Gasteiger partial charge in [-0.25, -0.2) is 4.79 Å². The molecule has 2 aliphatic rings. The number of hydrogen-bond acceptors (Lipinski definition) is 10. The molecule has 33 heavy (non-hydrogen) atoms. The number of methoxy groups -OCH3 is 1. The first-order chi connectivity index (χ1) is 15.7. The number of aliphatic hydroxyl groups excluding tert-OH is 3. The van der Waals surface area contributed by atoms with Gasteiger partial charge in [-0.1, -0.05) is 0 Å². The molecule has 10 heteroatoms. The third kappa shape index (κ3) is 4.46. The van der Waals surface area contributed by atoms with E-state index in [0.717, 1.165) is 0 Å². The Morgan fingerprint density at radius 2 is 2.00 bits per heavy atom. The number of fused-ring (bicyclic) bond motifs is 1. The highest BCUT2D eigenvalue weighted by atomic mass is 16.7. The number of aryl methyl sites for hydroxylation is 1. The molecule has 3 N–H and O–H groups in total. The summed E-state index contributed by atoms with van der Waals surface area (Å²) in [5.74, 6) is 0.348. The van der Waals surface area contributed by atoms with Crippen LogP contribution in [0.4, 0.5) is 5.69 Å².